The summed E-state index contributed by atoms with van der Waals surface area (Å²) >= 11 is 19.6. The number of hydrogen-bond acceptors (Lipinski definition) is 12. The summed E-state index contributed by atoms with van der Waals surface area (Å²) in [5.41, 5.74) is 6.52. The number of carbonyl (C=O) groups excluding carboxylic acids is 3. The van der Waals surface area contributed by atoms with E-state index in [0.29, 0.717) is 31.2 Å². The number of hydrogen-bond donors (Lipinski definition) is 2. The molecule has 214 valence electrons. The summed E-state index contributed by atoms with van der Waals surface area (Å²) in [5.74, 6) is -1.75. The van der Waals surface area contributed by atoms with E-state index in [1.54, 1.807) is 41.7 Å². The van der Waals surface area contributed by atoms with Crippen LogP contribution in [0.1, 0.15) is 26.3 Å². The van der Waals surface area contributed by atoms with Crippen molar-refractivity contribution < 1.29 is 33.3 Å². The number of rotatable bonds is 8. The summed E-state index contributed by atoms with van der Waals surface area (Å²) in [6.45, 7) is 3.53. The lowest BCUT2D eigenvalue weighted by Gasteiger charge is -2.47. The van der Waals surface area contributed by atoms with E-state index in [1.807, 2.05) is 0 Å². The SMILES string of the molecule is CC(=O)OCC1O[C@H](Sc2cncc(Cl)c2)C(OC(C)=O)C(N2C=C(c3ccc(Cl)c(Cl)c3)NN2)[C@H]1OC(C)=O. The summed E-state index contributed by atoms with van der Waals surface area (Å²) in [7, 11) is 0. The number of esters is 3. The van der Waals surface area contributed by atoms with Gasteiger partial charge in [0.2, 0.25) is 0 Å². The number of ether oxygens (including phenoxy) is 4. The summed E-state index contributed by atoms with van der Waals surface area (Å²) in [5, 5.41) is 2.75. The first-order chi connectivity index (χ1) is 19.0. The van der Waals surface area contributed by atoms with Crippen molar-refractivity contribution in [1.29, 1.82) is 0 Å². The van der Waals surface area contributed by atoms with Gasteiger partial charge in [-0.1, -0.05) is 52.6 Å². The third kappa shape index (κ3) is 7.50. The molecular weight excluding hydrogens is 607 g/mol. The van der Waals surface area contributed by atoms with Crippen LogP contribution in [0.3, 0.4) is 0 Å². The molecule has 15 heteroatoms. The molecule has 5 atom stereocenters. The third-order valence-corrected chi connectivity index (χ3v) is 7.80. The molecule has 1 saturated heterocycles. The van der Waals surface area contributed by atoms with Crippen LogP contribution in [0.5, 0.6) is 0 Å². The normalized spacial score (nSPS) is 24.1. The first-order valence-electron chi connectivity index (χ1n) is 11.9. The van der Waals surface area contributed by atoms with Gasteiger partial charge in [-0.05, 0) is 18.2 Å². The van der Waals surface area contributed by atoms with Crippen molar-refractivity contribution >= 4 is 70.2 Å². The lowest BCUT2D eigenvalue weighted by Crippen LogP contribution is -2.67. The van der Waals surface area contributed by atoms with Crippen LogP contribution in [0.25, 0.3) is 5.70 Å². The average Bonchev–Trinajstić information content (AvgIpc) is 3.35. The van der Waals surface area contributed by atoms with Gasteiger partial charge in [-0.15, -0.1) is 5.53 Å². The topological polar surface area (TPSA) is 128 Å². The predicted molar refractivity (Wildman–Crippen MR) is 148 cm³/mol. The first-order valence-corrected chi connectivity index (χ1v) is 13.9. The molecule has 2 aromatic rings. The standard InChI is InChI=1S/C25H25Cl3N4O7S/c1-12(33)36-11-21-23(37-13(2)34)22(32-10-20(30-31-32)15-4-5-18(27)19(28)6-15)24(38-14(3)35)25(39-21)40-17-7-16(26)8-29-9-17/h4-10,21-25,30-31H,11H2,1-3H3/t21?,22?,23-,24?,25+/m0/s1. The molecule has 3 unspecified atom stereocenters. The number of nitrogens with one attached hydrogen (secondary N) is 2. The van der Waals surface area contributed by atoms with E-state index in [0.717, 1.165) is 0 Å². The molecular formula is C25H25Cl3N4O7S. The summed E-state index contributed by atoms with van der Waals surface area (Å²) in [6, 6.07) is 5.92. The van der Waals surface area contributed by atoms with Crippen molar-refractivity contribution in [3.8, 4) is 0 Å². The lowest BCUT2D eigenvalue weighted by atomic mass is 9.96. The van der Waals surface area contributed by atoms with E-state index < -0.39 is 47.7 Å². The average molecular weight is 632 g/mol. The number of hydrazine groups is 2. The minimum atomic E-state index is -1.05. The zero-order valence-corrected chi connectivity index (χ0v) is 24.5. The molecule has 3 heterocycles. The maximum atomic E-state index is 12.3. The molecule has 0 bridgehead atoms. The molecule has 40 heavy (non-hydrogen) atoms. The largest absolute Gasteiger partial charge is 0.463 e. The van der Waals surface area contributed by atoms with Gasteiger partial charge in [0, 0.05) is 49.8 Å². The van der Waals surface area contributed by atoms with Gasteiger partial charge in [0.1, 0.15) is 24.2 Å². The van der Waals surface area contributed by atoms with Crippen molar-refractivity contribution in [3.05, 3.63) is 63.5 Å². The smallest absolute Gasteiger partial charge is 0.303 e. The van der Waals surface area contributed by atoms with Gasteiger partial charge in [-0.3, -0.25) is 24.4 Å². The van der Waals surface area contributed by atoms with Crippen molar-refractivity contribution in [2.45, 2.75) is 55.5 Å². The molecule has 1 aromatic heterocycles. The summed E-state index contributed by atoms with van der Waals surface area (Å²) in [4.78, 5) is 41.0. The van der Waals surface area contributed by atoms with E-state index >= 15 is 0 Å². The Balaban J connectivity index is 1.76. The van der Waals surface area contributed by atoms with E-state index in [1.165, 1.54) is 38.7 Å². The summed E-state index contributed by atoms with van der Waals surface area (Å²) < 4.78 is 23.0. The van der Waals surface area contributed by atoms with E-state index in [2.05, 4.69) is 15.9 Å². The second-order valence-corrected chi connectivity index (χ2v) is 11.2. The number of aromatic nitrogens is 1. The second-order valence-electron chi connectivity index (χ2n) is 8.76. The molecule has 2 aliphatic rings. The number of halogens is 3. The van der Waals surface area contributed by atoms with Gasteiger partial charge in [0.05, 0.1) is 20.8 Å². The molecule has 0 saturated carbocycles. The van der Waals surface area contributed by atoms with Gasteiger partial charge in [-0.25, -0.2) is 0 Å². The maximum Gasteiger partial charge on any atom is 0.303 e. The van der Waals surface area contributed by atoms with E-state index in [-0.39, 0.29) is 6.61 Å². The highest BCUT2D eigenvalue weighted by atomic mass is 35.5. The monoisotopic (exact) mass is 630 g/mol. The zero-order valence-electron chi connectivity index (χ0n) is 21.4. The lowest BCUT2D eigenvalue weighted by molar-refractivity contribution is -0.218. The highest BCUT2D eigenvalue weighted by molar-refractivity contribution is 7.99. The van der Waals surface area contributed by atoms with Crippen LogP contribution >= 0.6 is 46.6 Å². The maximum absolute atomic E-state index is 12.3. The Kier molecular flexibility index (Phi) is 10.0. The van der Waals surface area contributed by atoms with Crippen molar-refractivity contribution in [2.24, 2.45) is 0 Å². The van der Waals surface area contributed by atoms with Crippen LogP contribution in [0.4, 0.5) is 0 Å². The second kappa shape index (κ2) is 13.3. The Morgan fingerprint density at radius 3 is 2.38 bits per heavy atom. The fraction of sp³-hybridized carbons (Fsp3) is 0.360. The van der Waals surface area contributed by atoms with Crippen LogP contribution in [-0.2, 0) is 33.3 Å². The molecule has 0 aliphatic carbocycles. The molecule has 0 spiro atoms. The molecule has 1 fully saturated rings. The van der Waals surface area contributed by atoms with Gasteiger partial charge < -0.3 is 24.4 Å². The van der Waals surface area contributed by atoms with Crippen molar-refractivity contribution in [1.82, 2.24) is 21.0 Å². The van der Waals surface area contributed by atoms with Crippen LogP contribution in [0, 0.1) is 0 Å². The molecule has 11 nitrogen and oxygen atoms in total. The molecule has 0 radical (unpaired) electrons. The third-order valence-electron chi connectivity index (χ3n) is 5.74. The highest BCUT2D eigenvalue weighted by Crippen LogP contribution is 2.39. The molecule has 2 aliphatic heterocycles. The van der Waals surface area contributed by atoms with Crippen LogP contribution in [0.15, 0.2) is 47.8 Å². The van der Waals surface area contributed by atoms with Crippen molar-refractivity contribution in [3.63, 3.8) is 0 Å². The van der Waals surface area contributed by atoms with E-state index in [4.69, 9.17) is 53.8 Å². The first kappa shape index (κ1) is 30.2. The minimum Gasteiger partial charge on any atom is -0.463 e. The predicted octanol–water partition coefficient (Wildman–Crippen LogP) is 3.98. The number of carbonyl (C=O) groups is 3. The molecule has 0 amide bonds. The number of nitrogens with zero attached hydrogens (tertiary/aromatic N) is 2. The quantitative estimate of drug-likeness (QED) is 0.323. The summed E-state index contributed by atoms with van der Waals surface area (Å²) in [6.07, 6.45) is 1.78. The van der Waals surface area contributed by atoms with Crippen LogP contribution in [0.2, 0.25) is 15.1 Å². The van der Waals surface area contributed by atoms with Crippen LogP contribution in [-0.4, -0.2) is 64.3 Å². The highest BCUT2D eigenvalue weighted by Gasteiger charge is 2.53. The van der Waals surface area contributed by atoms with Gasteiger partial charge in [0.25, 0.3) is 0 Å². The van der Waals surface area contributed by atoms with Crippen LogP contribution < -0.4 is 11.0 Å². The molecule has 4 rings (SSSR count). The Bertz CT molecular complexity index is 1320. The van der Waals surface area contributed by atoms with Gasteiger partial charge in [0.15, 0.2) is 12.2 Å². The van der Waals surface area contributed by atoms with E-state index in [9.17, 15) is 14.4 Å². The van der Waals surface area contributed by atoms with Gasteiger partial charge >= 0.3 is 17.9 Å². The van der Waals surface area contributed by atoms with Crippen molar-refractivity contribution in [2.75, 3.05) is 6.61 Å². The number of benzene rings is 1. The fourth-order valence-corrected chi connectivity index (χ4v) is 5.86. The Hall–Kier alpha value is -2.74. The van der Waals surface area contributed by atoms with Gasteiger partial charge in [-0.2, -0.15) is 0 Å². The number of thioether (sulfide) groups is 1. The zero-order chi connectivity index (χ0) is 29.0. The Morgan fingerprint density at radius 2 is 1.73 bits per heavy atom. The Morgan fingerprint density at radius 1 is 1.00 bits per heavy atom. The number of pyridine rings is 1. The molecule has 2 N–H and O–H groups in total. The fourth-order valence-electron chi connectivity index (χ4n) is 4.18. The Labute approximate surface area is 249 Å². The molecule has 1 aromatic carbocycles. The minimum absolute atomic E-state index is 0.230.